The van der Waals surface area contributed by atoms with E-state index in [9.17, 15) is 14.4 Å². The van der Waals surface area contributed by atoms with Gasteiger partial charge in [0.2, 0.25) is 0 Å². The minimum absolute atomic E-state index is 0.0475. The average Bonchev–Trinajstić information content (AvgIpc) is 2.66. The number of aromatic nitrogens is 2. The number of ether oxygens (including phenoxy) is 1. The highest BCUT2D eigenvalue weighted by atomic mass is 35.5. The van der Waals surface area contributed by atoms with Gasteiger partial charge in [-0.3, -0.25) is 14.2 Å². The van der Waals surface area contributed by atoms with E-state index in [0.29, 0.717) is 22.0 Å². The van der Waals surface area contributed by atoms with E-state index in [1.807, 2.05) is 0 Å². The van der Waals surface area contributed by atoms with Crippen LogP contribution in [0.3, 0.4) is 0 Å². The van der Waals surface area contributed by atoms with E-state index >= 15 is 0 Å². The van der Waals surface area contributed by atoms with Crippen LogP contribution in [0.2, 0.25) is 5.02 Å². The van der Waals surface area contributed by atoms with Crippen LogP contribution in [-0.4, -0.2) is 22.6 Å². The summed E-state index contributed by atoms with van der Waals surface area (Å²) in [4.78, 5) is 39.7. The molecule has 0 aliphatic rings. The second-order valence-electron chi connectivity index (χ2n) is 5.68. The molecule has 0 spiro atoms. The maximum absolute atomic E-state index is 12.7. The largest absolute Gasteiger partial charge is 0.497 e. The molecule has 0 saturated heterocycles. The van der Waals surface area contributed by atoms with Crippen molar-refractivity contribution in [3.63, 3.8) is 0 Å². The van der Waals surface area contributed by atoms with Crippen molar-refractivity contribution in [1.29, 1.82) is 0 Å². The van der Waals surface area contributed by atoms with Gasteiger partial charge in [-0.05, 0) is 23.8 Å². The molecular weight excluding hydrogens is 370 g/mol. The molecule has 0 aliphatic carbocycles. The maximum Gasteiger partial charge on any atom is 0.328 e. The van der Waals surface area contributed by atoms with E-state index in [4.69, 9.17) is 16.3 Å². The predicted molar refractivity (Wildman–Crippen MR) is 103 cm³/mol. The van der Waals surface area contributed by atoms with Crippen molar-refractivity contribution in [2.45, 2.75) is 6.54 Å². The summed E-state index contributed by atoms with van der Waals surface area (Å²) < 4.78 is 6.03. The Morgan fingerprint density at radius 1 is 1.19 bits per heavy atom. The summed E-state index contributed by atoms with van der Waals surface area (Å²) in [6.45, 7) is -0.0475. The smallest absolute Gasteiger partial charge is 0.328 e. The number of carbonyl (C=O) groups excluding carboxylic acids is 1. The van der Waals surface area contributed by atoms with Gasteiger partial charge in [-0.1, -0.05) is 35.9 Å². The second-order valence-corrected chi connectivity index (χ2v) is 6.08. The molecule has 1 amide bonds. The average molecular weight is 386 g/mol. The highest BCUT2D eigenvalue weighted by Gasteiger charge is 2.16. The summed E-state index contributed by atoms with van der Waals surface area (Å²) in [6, 6.07) is 13.6. The van der Waals surface area contributed by atoms with Crippen LogP contribution < -0.4 is 21.3 Å². The zero-order valence-corrected chi connectivity index (χ0v) is 15.1. The van der Waals surface area contributed by atoms with E-state index < -0.39 is 17.2 Å². The van der Waals surface area contributed by atoms with Crippen molar-refractivity contribution in [2.24, 2.45) is 0 Å². The molecule has 1 aromatic heterocycles. The van der Waals surface area contributed by atoms with Crippen molar-refractivity contribution in [3.8, 4) is 5.75 Å². The topological polar surface area (TPSA) is 93.2 Å². The summed E-state index contributed by atoms with van der Waals surface area (Å²) >= 11 is 6.10. The number of aromatic amines is 1. The fraction of sp³-hybridized carbons (Fsp3) is 0.105. The van der Waals surface area contributed by atoms with Crippen LogP contribution in [0.4, 0.5) is 5.69 Å². The number of methoxy groups -OCH3 is 1. The van der Waals surface area contributed by atoms with Gasteiger partial charge in [0.1, 0.15) is 11.3 Å². The summed E-state index contributed by atoms with van der Waals surface area (Å²) in [6.07, 6.45) is 1.10. The Bertz CT molecular complexity index is 1100. The van der Waals surface area contributed by atoms with Gasteiger partial charge in [0.15, 0.2) is 0 Å². The van der Waals surface area contributed by atoms with Gasteiger partial charge in [0, 0.05) is 23.0 Å². The summed E-state index contributed by atoms with van der Waals surface area (Å²) in [5.41, 5.74) is -0.471. The molecule has 0 saturated carbocycles. The Hall–Kier alpha value is -3.32. The first kappa shape index (κ1) is 18.5. The first-order valence-electron chi connectivity index (χ1n) is 8.01. The third kappa shape index (κ3) is 4.09. The van der Waals surface area contributed by atoms with Gasteiger partial charge in [-0.25, -0.2) is 4.79 Å². The Balaban J connectivity index is 1.92. The quantitative estimate of drug-likeness (QED) is 0.705. The highest BCUT2D eigenvalue weighted by molar-refractivity contribution is 6.31. The zero-order chi connectivity index (χ0) is 19.4. The molecule has 0 unspecified atom stereocenters. The van der Waals surface area contributed by atoms with Crippen LogP contribution >= 0.6 is 11.6 Å². The zero-order valence-electron chi connectivity index (χ0n) is 14.4. The molecule has 0 fully saturated rings. The van der Waals surface area contributed by atoms with Crippen LogP contribution in [0.25, 0.3) is 0 Å². The number of hydrogen-bond donors (Lipinski definition) is 2. The van der Waals surface area contributed by atoms with Gasteiger partial charge in [0.25, 0.3) is 11.5 Å². The molecule has 0 atom stereocenters. The lowest BCUT2D eigenvalue weighted by Crippen LogP contribution is -2.39. The third-order valence-electron chi connectivity index (χ3n) is 3.92. The van der Waals surface area contributed by atoms with E-state index in [-0.39, 0.29) is 12.1 Å². The van der Waals surface area contributed by atoms with Gasteiger partial charge < -0.3 is 15.0 Å². The lowest BCUT2D eigenvalue weighted by molar-refractivity contribution is 0.102. The van der Waals surface area contributed by atoms with Gasteiger partial charge >= 0.3 is 5.69 Å². The highest BCUT2D eigenvalue weighted by Crippen LogP contribution is 2.17. The number of halogens is 1. The lowest BCUT2D eigenvalue weighted by atomic mass is 10.2. The number of nitrogens with one attached hydrogen (secondary N) is 2. The van der Waals surface area contributed by atoms with Crippen LogP contribution in [0.1, 0.15) is 15.9 Å². The molecule has 27 heavy (non-hydrogen) atoms. The van der Waals surface area contributed by atoms with E-state index in [2.05, 4.69) is 10.3 Å². The molecular formula is C19H16ClN3O4. The van der Waals surface area contributed by atoms with Crippen molar-refractivity contribution < 1.29 is 9.53 Å². The summed E-state index contributed by atoms with van der Waals surface area (Å²) in [5, 5.41) is 3.04. The Morgan fingerprint density at radius 3 is 2.70 bits per heavy atom. The summed E-state index contributed by atoms with van der Waals surface area (Å²) in [7, 11) is 1.51. The van der Waals surface area contributed by atoms with E-state index in [0.717, 1.165) is 10.8 Å². The first-order chi connectivity index (χ1) is 13.0. The number of anilines is 1. The molecule has 0 aliphatic heterocycles. The Morgan fingerprint density at radius 2 is 1.96 bits per heavy atom. The number of nitrogens with zero attached hydrogens (tertiary/aromatic N) is 1. The molecule has 138 valence electrons. The van der Waals surface area contributed by atoms with Crippen LogP contribution in [0.5, 0.6) is 5.75 Å². The molecule has 2 N–H and O–H groups in total. The molecule has 1 heterocycles. The molecule has 0 radical (unpaired) electrons. The van der Waals surface area contributed by atoms with Gasteiger partial charge in [0.05, 0.1) is 13.7 Å². The molecule has 7 nitrogen and oxygen atoms in total. The number of rotatable bonds is 5. The number of hydrogen-bond acceptors (Lipinski definition) is 4. The fourth-order valence-electron chi connectivity index (χ4n) is 2.51. The Kier molecular flexibility index (Phi) is 5.42. The second kappa shape index (κ2) is 7.92. The van der Waals surface area contributed by atoms with Crippen molar-refractivity contribution in [1.82, 2.24) is 9.55 Å². The van der Waals surface area contributed by atoms with E-state index in [1.54, 1.807) is 48.5 Å². The molecule has 8 heteroatoms. The van der Waals surface area contributed by atoms with Crippen LogP contribution in [-0.2, 0) is 6.54 Å². The SMILES string of the molecule is COc1cccc(NC(=O)c2c[nH]c(=O)n(Cc3ccccc3Cl)c2=O)c1. The van der Waals surface area contributed by atoms with Crippen molar-refractivity contribution >= 4 is 23.2 Å². The summed E-state index contributed by atoms with van der Waals surface area (Å²) in [5.74, 6) is -0.0807. The number of benzene rings is 2. The molecule has 3 rings (SSSR count). The standard InChI is InChI=1S/C19H16ClN3O4/c1-27-14-7-4-6-13(9-14)22-17(24)15-10-21-19(26)23(18(15)25)11-12-5-2-3-8-16(12)20/h2-10H,11H2,1H3,(H,21,26)(H,22,24). The molecule has 3 aromatic rings. The number of H-pyrrole nitrogens is 1. The molecule has 2 aromatic carbocycles. The Labute approximate surface area is 159 Å². The van der Waals surface area contributed by atoms with Crippen LogP contribution in [0, 0.1) is 0 Å². The minimum atomic E-state index is -0.709. The number of amides is 1. The number of carbonyl (C=O) groups is 1. The normalized spacial score (nSPS) is 10.4. The van der Waals surface area contributed by atoms with Crippen molar-refractivity contribution in [3.05, 3.63) is 91.7 Å². The third-order valence-corrected chi connectivity index (χ3v) is 4.29. The van der Waals surface area contributed by atoms with E-state index in [1.165, 1.54) is 7.11 Å². The van der Waals surface area contributed by atoms with Gasteiger partial charge in [-0.15, -0.1) is 0 Å². The van der Waals surface area contributed by atoms with Crippen molar-refractivity contribution in [2.75, 3.05) is 12.4 Å². The first-order valence-corrected chi connectivity index (χ1v) is 8.38. The predicted octanol–water partition coefficient (Wildman–Crippen LogP) is 2.50. The van der Waals surface area contributed by atoms with Crippen LogP contribution in [0.15, 0.2) is 64.3 Å². The van der Waals surface area contributed by atoms with Gasteiger partial charge in [-0.2, -0.15) is 0 Å². The lowest BCUT2D eigenvalue weighted by Gasteiger charge is -2.09. The molecule has 0 bridgehead atoms. The maximum atomic E-state index is 12.7. The fourth-order valence-corrected chi connectivity index (χ4v) is 2.71. The monoisotopic (exact) mass is 385 g/mol. The minimum Gasteiger partial charge on any atom is -0.497 e.